The van der Waals surface area contributed by atoms with Gasteiger partial charge >= 0.3 is 91.2 Å². The van der Waals surface area contributed by atoms with Gasteiger partial charge in [0, 0.05) is 0 Å². The zero-order chi connectivity index (χ0) is 8.74. The number of hydrogen-bond donors (Lipinski definition) is 6. The van der Waals surface area contributed by atoms with E-state index < -0.39 is 62.1 Å². The first kappa shape index (κ1) is 12.9. The van der Waals surface area contributed by atoms with E-state index in [1.165, 1.54) is 0 Å². The second-order valence-corrected chi connectivity index (χ2v) is 9.68. The Morgan fingerprint density at radius 3 is 1.36 bits per heavy atom. The molecule has 0 aromatic carbocycles. The van der Waals surface area contributed by atoms with E-state index in [1.54, 1.807) is 0 Å². The summed E-state index contributed by atoms with van der Waals surface area (Å²) in [5.41, 5.74) is 0. The van der Waals surface area contributed by atoms with E-state index in [1.807, 2.05) is 0 Å². The van der Waals surface area contributed by atoms with Gasteiger partial charge in [0.1, 0.15) is 0 Å². The molecule has 0 atom stereocenters. The molecule has 11 heteroatoms. The fraction of sp³-hybridized carbons (Fsp3) is 0. The number of nitrogens with one attached hydrogen (secondary N) is 3. The van der Waals surface area contributed by atoms with Gasteiger partial charge in [0.25, 0.3) is 0 Å². The van der Waals surface area contributed by atoms with Crippen molar-refractivity contribution in [2.45, 2.75) is 0 Å². The molecule has 0 bridgehead atoms. The Hall–Kier alpha value is 1.94. The summed E-state index contributed by atoms with van der Waals surface area (Å²) in [6, 6.07) is 0. The summed E-state index contributed by atoms with van der Waals surface area (Å²) in [5.74, 6) is 0. The van der Waals surface area contributed by atoms with Crippen molar-refractivity contribution in [1.29, 1.82) is 0 Å². The van der Waals surface area contributed by atoms with E-state index in [2.05, 4.69) is 11.3 Å². The molecule has 0 rings (SSSR count). The molecule has 0 radical (unpaired) electrons. The van der Waals surface area contributed by atoms with Crippen LogP contribution in [0.3, 0.4) is 0 Å². The predicted octanol–water partition coefficient (Wildman–Crippen LogP) is -2.52. The minimum absolute atomic E-state index is 0.833. The van der Waals surface area contributed by atoms with Crippen molar-refractivity contribution in [3.05, 3.63) is 0 Å². The van der Waals surface area contributed by atoms with Crippen LogP contribution in [0.15, 0.2) is 0 Å². The van der Waals surface area contributed by atoms with E-state index in [0.29, 0.717) is 0 Å². The van der Waals surface area contributed by atoms with Gasteiger partial charge in [-0.25, -0.2) is 0 Å². The summed E-state index contributed by atoms with van der Waals surface area (Å²) in [5, 5.41) is 0. The maximum atomic E-state index is 11.5. The van der Waals surface area contributed by atoms with Crippen molar-refractivity contribution in [2.24, 2.45) is 13.2 Å². The molecule has 0 saturated carbocycles. The number of nitrogens with two attached hydrogens (primary N) is 3. The topological polar surface area (TPSA) is 131 Å². The van der Waals surface area contributed by atoms with Crippen molar-refractivity contribution in [3.63, 3.8) is 0 Å². The Labute approximate surface area is 90.4 Å². The zero-order valence-electron chi connectivity index (χ0n) is 5.09. The molecule has 7 nitrogen and oxygen atoms in total. The molecule has 77 valence electrons. The molecule has 11 heavy (non-hydrogen) atoms. The molecule has 0 amide bonds. The molecule has 0 heterocycles. The Kier molecular flexibility index (Phi) is 8.65. The second kappa shape index (κ2) is 7.35. The van der Waals surface area contributed by atoms with Crippen LogP contribution in [0.4, 0.5) is 0 Å². The van der Waals surface area contributed by atoms with Crippen LogP contribution >= 0.6 is 7.59 Å². The summed E-state index contributed by atoms with van der Waals surface area (Å²) in [7, 11) is -2.68. The fourth-order valence-electron chi connectivity index (χ4n) is 0.219. The van der Waals surface area contributed by atoms with Gasteiger partial charge in [-0.3, -0.25) is 0 Å². The molecule has 0 aromatic heterocycles. The predicted molar refractivity (Wildman–Crippen MR) is 29.6 cm³/mol. The molecular formula is H9Ir3N6OP. The minimum atomic E-state index is -2.68. The Morgan fingerprint density at radius 2 is 1.18 bits per heavy atom. The van der Waals surface area contributed by atoms with Crippen LogP contribution in [0.1, 0.15) is 0 Å². The summed E-state index contributed by atoms with van der Waals surface area (Å²) in [6.45, 7) is 0. The molecule has 0 aliphatic carbocycles. The molecular weight excluding hydrogens is 708 g/mol. The van der Waals surface area contributed by atoms with Gasteiger partial charge < -0.3 is 0 Å². The standard InChI is InChI=1S/3Ir.H3N3OP.3H2N/c;;;1-5(2,3)4;;;/h;;;(H3-3,1,2,3,4);3*1H2/q3*+2;-3;3*-1. The van der Waals surface area contributed by atoms with Crippen LogP contribution < -0.4 is 24.5 Å². The summed E-state index contributed by atoms with van der Waals surface area (Å²) in [4.78, 5) is 0. The van der Waals surface area contributed by atoms with E-state index in [4.69, 9.17) is 13.2 Å². The molecule has 9 N–H and O–H groups in total. The van der Waals surface area contributed by atoms with Gasteiger partial charge in [-0.05, 0) is 0 Å². The summed E-state index contributed by atoms with van der Waals surface area (Å²) < 4.78 is 35.5. The van der Waals surface area contributed by atoms with Crippen LogP contribution in [-0.2, 0) is 59.1 Å². The van der Waals surface area contributed by atoms with Crippen molar-refractivity contribution in [3.8, 4) is 0 Å². The fourth-order valence-corrected chi connectivity index (χ4v) is 12.0. The molecule has 0 saturated heterocycles. The van der Waals surface area contributed by atoms with Gasteiger partial charge in [-0.2, -0.15) is 0 Å². The van der Waals surface area contributed by atoms with Crippen molar-refractivity contribution in [1.82, 2.24) is 11.3 Å². The summed E-state index contributed by atoms with van der Waals surface area (Å²) in [6.07, 6.45) is 0. The van der Waals surface area contributed by atoms with Gasteiger partial charge in [0.05, 0.1) is 0 Å². The quantitative estimate of drug-likeness (QED) is 0.168. The maximum absolute atomic E-state index is 11.5. The first-order valence-electron chi connectivity index (χ1n) is 1.93. The SMILES string of the molecule is [NH2][Ir][NH]P(=O)([NH][Ir][NH2])[NH][Ir][NH2]. The van der Waals surface area contributed by atoms with Gasteiger partial charge in [-0.15, -0.1) is 0 Å². The average Bonchev–Trinajstić information content (AvgIpc) is 1.88. The van der Waals surface area contributed by atoms with Crippen LogP contribution in [0, 0.1) is 0 Å². The Morgan fingerprint density at radius 1 is 0.909 bits per heavy atom. The van der Waals surface area contributed by atoms with Gasteiger partial charge in [-0.1, -0.05) is 0 Å². The van der Waals surface area contributed by atoms with Gasteiger partial charge in [0.15, 0.2) is 0 Å². The van der Waals surface area contributed by atoms with Crippen molar-refractivity contribution in [2.75, 3.05) is 0 Å². The first-order valence-corrected chi connectivity index (χ1v) is 11.4. The van der Waals surface area contributed by atoms with Gasteiger partial charge in [0.2, 0.25) is 0 Å². The Bertz CT molecular complexity index is 116. The molecule has 0 spiro atoms. The zero-order valence-corrected chi connectivity index (χ0v) is 13.2. The van der Waals surface area contributed by atoms with E-state index in [9.17, 15) is 4.57 Å². The van der Waals surface area contributed by atoms with Crippen LogP contribution in [0.2, 0.25) is 0 Å². The van der Waals surface area contributed by atoms with E-state index >= 15 is 0 Å². The summed E-state index contributed by atoms with van der Waals surface area (Å²) >= 11 is -2.50. The van der Waals surface area contributed by atoms with Crippen LogP contribution in [0.25, 0.3) is 0 Å². The monoisotopic (exact) mass is 719 g/mol. The second-order valence-electron chi connectivity index (χ2n) is 1.12. The normalized spacial score (nSPS) is 13.0. The van der Waals surface area contributed by atoms with E-state index in [-0.39, 0.29) is 0 Å². The Balaban J connectivity index is 3.91. The number of hydrogen-bond acceptors (Lipinski definition) is 4. The number of rotatable bonds is 6. The first-order chi connectivity index (χ1) is 5.18. The molecule has 0 aromatic rings. The third-order valence-electron chi connectivity index (χ3n) is 0.444. The van der Waals surface area contributed by atoms with Crippen LogP contribution in [0.5, 0.6) is 0 Å². The van der Waals surface area contributed by atoms with Crippen LogP contribution in [-0.4, -0.2) is 0 Å². The van der Waals surface area contributed by atoms with Crippen molar-refractivity contribution < 1.29 is 59.1 Å². The molecule has 0 aliphatic rings. The third-order valence-corrected chi connectivity index (χ3v) is 10.9. The third kappa shape index (κ3) is 6.07. The average molecular weight is 717 g/mol. The molecule has 0 fully saturated rings. The molecule has 0 unspecified atom stereocenters. The molecule has 0 aliphatic heterocycles. The van der Waals surface area contributed by atoms with Crippen molar-refractivity contribution >= 4 is 7.59 Å². The van der Waals surface area contributed by atoms with E-state index in [0.717, 1.165) is 0 Å².